The first-order valence-corrected chi connectivity index (χ1v) is 6.53. The normalized spacial score (nSPS) is 14.1. The summed E-state index contributed by atoms with van der Waals surface area (Å²) in [4.78, 5) is 28.2. The number of rotatable bonds is 2. The predicted molar refractivity (Wildman–Crippen MR) is 76.2 cm³/mol. The van der Waals surface area contributed by atoms with Crippen molar-refractivity contribution in [3.05, 3.63) is 49.3 Å². The van der Waals surface area contributed by atoms with E-state index in [-0.39, 0.29) is 12.5 Å². The van der Waals surface area contributed by atoms with E-state index in [9.17, 15) is 4.79 Å². The Kier molecular flexibility index (Phi) is 2.75. The number of carbonyl (C=O) groups is 1. The molecule has 1 aliphatic rings. The fourth-order valence-corrected chi connectivity index (χ4v) is 2.31. The summed E-state index contributed by atoms with van der Waals surface area (Å²) in [7, 11) is 0. The Morgan fingerprint density at radius 1 is 1.05 bits per heavy atom. The fraction of sp³-hybridized carbons (Fsp3) is 0.0769. The van der Waals surface area contributed by atoms with Crippen molar-refractivity contribution < 1.29 is 4.79 Å². The summed E-state index contributed by atoms with van der Waals surface area (Å²) in [5.41, 5.74) is 0.646. The molecule has 1 aliphatic heterocycles. The molecule has 0 aliphatic carbocycles. The largest absolute Gasteiger partial charge is 0.272 e. The van der Waals surface area contributed by atoms with E-state index in [0.717, 1.165) is 0 Å². The molecule has 0 aromatic carbocycles. The smallest absolute Gasteiger partial charge is 0.254 e. The van der Waals surface area contributed by atoms with Crippen LogP contribution in [0.1, 0.15) is 0 Å². The molecule has 9 heteroatoms. The van der Waals surface area contributed by atoms with Crippen molar-refractivity contribution in [3.63, 3.8) is 0 Å². The minimum atomic E-state index is -0.156. The molecule has 0 radical (unpaired) electrons. The Labute approximate surface area is 124 Å². The highest BCUT2D eigenvalue weighted by Crippen LogP contribution is 2.34. The van der Waals surface area contributed by atoms with Gasteiger partial charge in [0.1, 0.15) is 6.54 Å². The van der Waals surface area contributed by atoms with Gasteiger partial charge in [-0.25, -0.2) is 15.0 Å². The Morgan fingerprint density at radius 2 is 1.91 bits per heavy atom. The van der Waals surface area contributed by atoms with E-state index in [2.05, 4.69) is 25.3 Å². The molecule has 22 heavy (non-hydrogen) atoms. The van der Waals surface area contributed by atoms with Crippen LogP contribution < -0.4 is 9.91 Å². The van der Waals surface area contributed by atoms with Crippen LogP contribution in [0.4, 0.5) is 17.3 Å². The van der Waals surface area contributed by atoms with Gasteiger partial charge in [-0.3, -0.25) is 14.7 Å². The maximum absolute atomic E-state index is 12.6. The van der Waals surface area contributed by atoms with E-state index in [0.29, 0.717) is 17.3 Å². The van der Waals surface area contributed by atoms with Crippen LogP contribution in [0.3, 0.4) is 0 Å². The maximum Gasteiger partial charge on any atom is 0.254 e. The summed E-state index contributed by atoms with van der Waals surface area (Å²) < 4.78 is 0. The Balaban J connectivity index is 1.86. The lowest BCUT2D eigenvalue weighted by Gasteiger charge is -2.33. The van der Waals surface area contributed by atoms with Crippen molar-refractivity contribution in [1.29, 1.82) is 0 Å². The SMILES string of the molecule is O=C1CN(n2ccnn2)c2nccnc2N1c1cccnc1. The molecule has 0 bridgehead atoms. The van der Waals surface area contributed by atoms with E-state index in [1.807, 2.05) is 0 Å². The van der Waals surface area contributed by atoms with Crippen molar-refractivity contribution in [3.8, 4) is 0 Å². The number of hydrogen-bond donors (Lipinski definition) is 0. The molecule has 0 saturated carbocycles. The molecular weight excluding hydrogens is 284 g/mol. The molecule has 0 unspecified atom stereocenters. The first kappa shape index (κ1) is 12.4. The average molecular weight is 294 g/mol. The quantitative estimate of drug-likeness (QED) is 0.675. The molecule has 0 spiro atoms. The number of pyridine rings is 1. The standard InChI is InChI=1S/C13H10N8O/c22-11-9-19(20-7-6-17-18-20)12-13(16-5-4-15-12)21(11)10-2-1-3-14-8-10/h1-8H,9H2. The first-order valence-electron chi connectivity index (χ1n) is 6.53. The zero-order valence-corrected chi connectivity index (χ0v) is 11.3. The number of hydrogen-bond acceptors (Lipinski definition) is 7. The second-order valence-electron chi connectivity index (χ2n) is 4.53. The van der Waals surface area contributed by atoms with E-state index in [4.69, 9.17) is 0 Å². The Bertz CT molecular complexity index is 804. The molecular formula is C13H10N8O. The van der Waals surface area contributed by atoms with Crippen LogP contribution >= 0.6 is 0 Å². The average Bonchev–Trinajstić information content (AvgIpc) is 3.09. The van der Waals surface area contributed by atoms with Crippen molar-refractivity contribution >= 4 is 23.2 Å². The van der Waals surface area contributed by atoms with E-state index in [1.165, 1.54) is 15.9 Å². The summed E-state index contributed by atoms with van der Waals surface area (Å²) in [6, 6.07) is 3.57. The fourth-order valence-electron chi connectivity index (χ4n) is 2.31. The van der Waals surface area contributed by atoms with Gasteiger partial charge in [0.15, 0.2) is 11.6 Å². The van der Waals surface area contributed by atoms with Crippen LogP contribution in [0, 0.1) is 0 Å². The van der Waals surface area contributed by atoms with Gasteiger partial charge in [0, 0.05) is 18.6 Å². The molecule has 0 atom stereocenters. The lowest BCUT2D eigenvalue weighted by molar-refractivity contribution is -0.117. The minimum Gasteiger partial charge on any atom is -0.272 e. The Morgan fingerprint density at radius 3 is 2.64 bits per heavy atom. The van der Waals surface area contributed by atoms with Gasteiger partial charge in [-0.1, -0.05) is 0 Å². The zero-order valence-electron chi connectivity index (χ0n) is 11.3. The van der Waals surface area contributed by atoms with Crippen LogP contribution in [-0.4, -0.2) is 42.5 Å². The first-order chi connectivity index (χ1) is 10.8. The highest BCUT2D eigenvalue weighted by Gasteiger charge is 2.34. The number of nitrogens with zero attached hydrogens (tertiary/aromatic N) is 8. The summed E-state index contributed by atoms with van der Waals surface area (Å²) in [6.45, 7) is 0.0734. The molecule has 9 nitrogen and oxygen atoms in total. The minimum absolute atomic E-state index is 0.0734. The van der Waals surface area contributed by atoms with E-state index < -0.39 is 0 Å². The molecule has 3 aromatic rings. The molecule has 0 saturated heterocycles. The van der Waals surface area contributed by atoms with Gasteiger partial charge < -0.3 is 0 Å². The number of aromatic nitrogens is 6. The molecule has 108 valence electrons. The third-order valence-corrected chi connectivity index (χ3v) is 3.21. The van der Waals surface area contributed by atoms with E-state index in [1.54, 1.807) is 48.1 Å². The lowest BCUT2D eigenvalue weighted by Crippen LogP contribution is -2.47. The van der Waals surface area contributed by atoms with Gasteiger partial charge in [-0.2, -0.15) is 4.79 Å². The predicted octanol–water partition coefficient (Wildman–Crippen LogP) is 0.411. The molecule has 4 heterocycles. The van der Waals surface area contributed by atoms with Crippen LogP contribution in [0.5, 0.6) is 0 Å². The monoisotopic (exact) mass is 294 g/mol. The molecule has 4 rings (SSSR count). The van der Waals surface area contributed by atoms with Gasteiger partial charge in [0.25, 0.3) is 5.91 Å². The van der Waals surface area contributed by atoms with Crippen molar-refractivity contribution in [2.24, 2.45) is 0 Å². The number of fused-ring (bicyclic) bond motifs is 1. The molecule has 3 aromatic heterocycles. The van der Waals surface area contributed by atoms with Crippen LogP contribution in [0.15, 0.2) is 49.3 Å². The van der Waals surface area contributed by atoms with E-state index >= 15 is 0 Å². The third kappa shape index (κ3) is 1.87. The summed E-state index contributed by atoms with van der Waals surface area (Å²) in [6.07, 6.45) is 9.55. The lowest BCUT2D eigenvalue weighted by atomic mass is 10.3. The number of carbonyl (C=O) groups excluding carboxylic acids is 1. The number of amides is 1. The summed E-state index contributed by atoms with van der Waals surface area (Å²) in [5, 5.41) is 9.29. The number of anilines is 3. The maximum atomic E-state index is 12.6. The molecule has 1 amide bonds. The third-order valence-electron chi connectivity index (χ3n) is 3.21. The van der Waals surface area contributed by atoms with Gasteiger partial charge in [0.05, 0.1) is 24.3 Å². The van der Waals surface area contributed by atoms with Gasteiger partial charge in [-0.05, 0) is 17.3 Å². The summed E-state index contributed by atoms with van der Waals surface area (Å²) in [5.74, 6) is 0.801. The highest BCUT2D eigenvalue weighted by molar-refractivity contribution is 6.06. The zero-order chi connectivity index (χ0) is 14.9. The van der Waals surface area contributed by atoms with Crippen molar-refractivity contribution in [2.45, 2.75) is 0 Å². The van der Waals surface area contributed by atoms with Gasteiger partial charge >= 0.3 is 0 Å². The topological polar surface area (TPSA) is 92.9 Å². The second-order valence-corrected chi connectivity index (χ2v) is 4.53. The van der Waals surface area contributed by atoms with Gasteiger partial charge in [-0.15, -0.1) is 5.10 Å². The van der Waals surface area contributed by atoms with Crippen LogP contribution in [0.25, 0.3) is 0 Å². The molecule has 0 fully saturated rings. The van der Waals surface area contributed by atoms with Crippen LogP contribution in [-0.2, 0) is 4.79 Å². The Hall–Kier alpha value is -3.36. The van der Waals surface area contributed by atoms with Crippen molar-refractivity contribution in [1.82, 2.24) is 30.1 Å². The van der Waals surface area contributed by atoms with Crippen molar-refractivity contribution in [2.75, 3.05) is 16.5 Å². The second kappa shape index (κ2) is 4.88. The molecule has 0 N–H and O–H groups in total. The van der Waals surface area contributed by atoms with Crippen LogP contribution in [0.2, 0.25) is 0 Å². The van der Waals surface area contributed by atoms with Gasteiger partial charge in [0.2, 0.25) is 0 Å². The summed E-state index contributed by atoms with van der Waals surface area (Å²) >= 11 is 0. The highest BCUT2D eigenvalue weighted by atomic mass is 16.2.